The second kappa shape index (κ2) is 6.69. The van der Waals surface area contributed by atoms with Crippen LogP contribution in [0.1, 0.15) is 5.56 Å². The molecule has 0 atom stereocenters. The van der Waals surface area contributed by atoms with Crippen LogP contribution in [-0.2, 0) is 6.54 Å². The van der Waals surface area contributed by atoms with Gasteiger partial charge < -0.3 is 0 Å². The molecule has 1 fully saturated rings. The Balaban J connectivity index is 1.75. The van der Waals surface area contributed by atoms with Crippen molar-refractivity contribution in [2.75, 3.05) is 13.1 Å². The third-order valence-electron chi connectivity index (χ3n) is 4.56. The van der Waals surface area contributed by atoms with Crippen LogP contribution in [-0.4, -0.2) is 26.1 Å². The lowest BCUT2D eigenvalue weighted by molar-refractivity contribution is 0.347. The summed E-state index contributed by atoms with van der Waals surface area (Å²) in [7, 11) is -1.56. The minimum Gasteiger partial charge on any atom is -0.291 e. The zero-order valence-electron chi connectivity index (χ0n) is 14.1. The van der Waals surface area contributed by atoms with Gasteiger partial charge in [-0.25, -0.2) is 0 Å². The Labute approximate surface area is 141 Å². The Bertz CT molecular complexity index is 701. The maximum Gasteiger partial charge on any atom is 0.104 e. The molecule has 0 N–H and O–H groups in total. The van der Waals surface area contributed by atoms with Crippen molar-refractivity contribution in [1.82, 2.24) is 4.90 Å². The number of rotatable bonds is 4. The average molecular weight is 320 g/mol. The minimum atomic E-state index is -1.56. The van der Waals surface area contributed by atoms with E-state index in [1.54, 1.807) is 0 Å². The molecule has 0 bridgehead atoms. The predicted octanol–water partition coefficient (Wildman–Crippen LogP) is 4.14. The third kappa shape index (κ3) is 3.90. The standard InChI is InChI=1S/C21H25NSi/c1-18-14-22(15-19-10-6-4-7-11-19)16-20(18)17-23(2,3)21-12-8-5-9-13-21/h4-13,17H,1,14-16H2,2-3H3/b20-17+. The van der Waals surface area contributed by atoms with E-state index in [1.807, 2.05) is 0 Å². The summed E-state index contributed by atoms with van der Waals surface area (Å²) < 4.78 is 0. The quantitative estimate of drug-likeness (QED) is 0.766. The summed E-state index contributed by atoms with van der Waals surface area (Å²) in [6.45, 7) is 12.2. The van der Waals surface area contributed by atoms with Gasteiger partial charge in [0.1, 0.15) is 8.07 Å². The SMILES string of the molecule is C=C1CN(Cc2ccccc2)C/C1=C\[Si](C)(C)c1ccccc1. The molecule has 1 heterocycles. The summed E-state index contributed by atoms with van der Waals surface area (Å²) in [5.41, 5.74) is 6.65. The van der Waals surface area contributed by atoms with Gasteiger partial charge in [0.15, 0.2) is 0 Å². The van der Waals surface area contributed by atoms with Gasteiger partial charge >= 0.3 is 0 Å². The number of hydrogen-bond acceptors (Lipinski definition) is 1. The first-order valence-electron chi connectivity index (χ1n) is 8.26. The van der Waals surface area contributed by atoms with Gasteiger partial charge in [-0.05, 0) is 16.7 Å². The van der Waals surface area contributed by atoms with E-state index in [9.17, 15) is 0 Å². The van der Waals surface area contributed by atoms with Crippen LogP contribution in [0.3, 0.4) is 0 Å². The molecule has 1 saturated heterocycles. The van der Waals surface area contributed by atoms with E-state index in [2.05, 4.69) is 90.9 Å². The van der Waals surface area contributed by atoms with Crippen LogP contribution in [0.2, 0.25) is 13.1 Å². The largest absolute Gasteiger partial charge is 0.291 e. The Morgan fingerprint density at radius 3 is 2.22 bits per heavy atom. The van der Waals surface area contributed by atoms with Crippen molar-refractivity contribution < 1.29 is 0 Å². The summed E-state index contributed by atoms with van der Waals surface area (Å²) >= 11 is 0. The normalized spacial score (nSPS) is 17.8. The van der Waals surface area contributed by atoms with Crippen LogP contribution in [0.5, 0.6) is 0 Å². The van der Waals surface area contributed by atoms with E-state index in [0.717, 1.165) is 19.6 Å². The highest BCUT2D eigenvalue weighted by Gasteiger charge is 2.26. The minimum absolute atomic E-state index is 0.986. The van der Waals surface area contributed by atoms with Gasteiger partial charge in [-0.2, -0.15) is 0 Å². The first-order valence-corrected chi connectivity index (χ1v) is 11.3. The van der Waals surface area contributed by atoms with Crippen molar-refractivity contribution in [3.63, 3.8) is 0 Å². The molecule has 23 heavy (non-hydrogen) atoms. The maximum atomic E-state index is 4.32. The molecule has 2 heteroatoms. The van der Waals surface area contributed by atoms with Crippen LogP contribution in [0, 0.1) is 0 Å². The topological polar surface area (TPSA) is 3.24 Å². The van der Waals surface area contributed by atoms with E-state index in [4.69, 9.17) is 0 Å². The van der Waals surface area contributed by atoms with Crippen LogP contribution in [0.25, 0.3) is 0 Å². The smallest absolute Gasteiger partial charge is 0.104 e. The second-order valence-corrected chi connectivity index (χ2v) is 11.3. The molecule has 0 amide bonds. The summed E-state index contributed by atoms with van der Waals surface area (Å²) in [5, 5.41) is 1.49. The molecule has 2 aromatic rings. The highest BCUT2D eigenvalue weighted by molar-refractivity contribution is 6.94. The number of benzene rings is 2. The monoisotopic (exact) mass is 319 g/mol. The molecule has 0 radical (unpaired) electrons. The molecular weight excluding hydrogens is 294 g/mol. The van der Waals surface area contributed by atoms with Gasteiger partial charge in [0.25, 0.3) is 0 Å². The molecule has 0 spiro atoms. The van der Waals surface area contributed by atoms with E-state index in [0.29, 0.717) is 0 Å². The van der Waals surface area contributed by atoms with E-state index < -0.39 is 8.07 Å². The molecular formula is C21H25NSi. The van der Waals surface area contributed by atoms with Crippen molar-refractivity contribution in [1.29, 1.82) is 0 Å². The Morgan fingerprint density at radius 1 is 0.957 bits per heavy atom. The molecule has 1 nitrogen and oxygen atoms in total. The first-order chi connectivity index (χ1) is 11.0. The van der Waals surface area contributed by atoms with Gasteiger partial charge in [0.2, 0.25) is 0 Å². The summed E-state index contributed by atoms with van der Waals surface area (Å²) in [6.07, 6.45) is 0. The fraction of sp³-hybridized carbons (Fsp3) is 0.238. The maximum absolute atomic E-state index is 4.32. The van der Waals surface area contributed by atoms with Gasteiger partial charge in [-0.15, -0.1) is 0 Å². The highest BCUT2D eigenvalue weighted by atomic mass is 28.3. The summed E-state index contributed by atoms with van der Waals surface area (Å²) in [6, 6.07) is 21.6. The third-order valence-corrected chi connectivity index (χ3v) is 7.46. The number of nitrogens with zero attached hydrogens (tertiary/aromatic N) is 1. The second-order valence-electron chi connectivity index (χ2n) is 6.99. The predicted molar refractivity (Wildman–Crippen MR) is 103 cm³/mol. The average Bonchev–Trinajstić information content (AvgIpc) is 2.88. The van der Waals surface area contributed by atoms with Crippen LogP contribution < -0.4 is 5.19 Å². The molecule has 1 aliphatic rings. The number of likely N-dealkylation sites (tertiary alicyclic amines) is 1. The van der Waals surface area contributed by atoms with Gasteiger partial charge in [-0.3, -0.25) is 4.90 Å². The van der Waals surface area contributed by atoms with Gasteiger partial charge in [0.05, 0.1) is 0 Å². The van der Waals surface area contributed by atoms with Crippen molar-refractivity contribution in [2.24, 2.45) is 0 Å². The zero-order valence-corrected chi connectivity index (χ0v) is 15.1. The van der Waals surface area contributed by atoms with Crippen molar-refractivity contribution in [3.05, 3.63) is 89.7 Å². The van der Waals surface area contributed by atoms with Crippen molar-refractivity contribution >= 4 is 13.3 Å². The molecule has 0 aromatic heterocycles. The molecule has 118 valence electrons. The van der Waals surface area contributed by atoms with Crippen molar-refractivity contribution in [3.8, 4) is 0 Å². The molecule has 3 rings (SSSR count). The highest BCUT2D eigenvalue weighted by Crippen LogP contribution is 2.24. The van der Waals surface area contributed by atoms with E-state index >= 15 is 0 Å². The Hall–Kier alpha value is -1.90. The Morgan fingerprint density at radius 2 is 1.57 bits per heavy atom. The van der Waals surface area contributed by atoms with Gasteiger partial charge in [-0.1, -0.05) is 91.2 Å². The summed E-state index contributed by atoms with van der Waals surface area (Å²) in [5.74, 6) is 0. The van der Waals surface area contributed by atoms with E-state index in [1.165, 1.54) is 21.9 Å². The molecule has 2 aromatic carbocycles. The number of hydrogen-bond donors (Lipinski definition) is 0. The van der Waals surface area contributed by atoms with Crippen LogP contribution >= 0.6 is 0 Å². The fourth-order valence-corrected chi connectivity index (χ4v) is 5.65. The summed E-state index contributed by atoms with van der Waals surface area (Å²) in [4.78, 5) is 2.49. The zero-order chi connectivity index (χ0) is 16.3. The van der Waals surface area contributed by atoms with Crippen LogP contribution in [0.15, 0.2) is 84.1 Å². The molecule has 0 unspecified atom stereocenters. The first kappa shape index (κ1) is 16.0. The molecule has 0 aliphatic carbocycles. The molecule has 0 saturated carbocycles. The lowest BCUT2D eigenvalue weighted by atomic mass is 10.2. The van der Waals surface area contributed by atoms with E-state index in [-0.39, 0.29) is 0 Å². The van der Waals surface area contributed by atoms with Gasteiger partial charge in [0, 0.05) is 19.6 Å². The molecule has 1 aliphatic heterocycles. The lowest BCUT2D eigenvalue weighted by Crippen LogP contribution is -2.40. The fourth-order valence-electron chi connectivity index (χ4n) is 3.27. The Kier molecular flexibility index (Phi) is 4.65. The lowest BCUT2D eigenvalue weighted by Gasteiger charge is -2.20. The van der Waals surface area contributed by atoms with Crippen molar-refractivity contribution in [2.45, 2.75) is 19.6 Å². The van der Waals surface area contributed by atoms with Crippen LogP contribution in [0.4, 0.5) is 0 Å².